The molecule has 1 aromatic heterocycles. The molecule has 5 heteroatoms. The minimum atomic E-state index is -0.285. The maximum absolute atomic E-state index is 13.0. The number of nitrogens with zero attached hydrogens (tertiary/aromatic N) is 2. The fourth-order valence-corrected chi connectivity index (χ4v) is 3.08. The highest BCUT2D eigenvalue weighted by atomic mass is 16.2. The van der Waals surface area contributed by atoms with Crippen molar-refractivity contribution >= 4 is 17.5 Å². The lowest BCUT2D eigenvalue weighted by molar-refractivity contribution is 0.0752. The van der Waals surface area contributed by atoms with Gasteiger partial charge in [0.05, 0.1) is 11.1 Å². The highest BCUT2D eigenvalue weighted by Crippen LogP contribution is 2.19. The standard InChI is InChI=1S/C24H25N3O2/c1-4-27(16-19-10-6-5-7-11-19)24(29)21-13-20(14-25-15-21)23(28)26-22-12-8-9-17(2)18(22)3/h5-15H,4,16H2,1-3H3,(H,26,28). The van der Waals surface area contributed by atoms with E-state index in [2.05, 4.69) is 10.3 Å². The van der Waals surface area contributed by atoms with Crippen LogP contribution in [0.15, 0.2) is 67.0 Å². The summed E-state index contributed by atoms with van der Waals surface area (Å²) in [4.78, 5) is 31.5. The molecule has 0 saturated carbocycles. The molecule has 0 bridgehead atoms. The minimum absolute atomic E-state index is 0.148. The van der Waals surface area contributed by atoms with Crippen LogP contribution in [0, 0.1) is 13.8 Å². The summed E-state index contributed by atoms with van der Waals surface area (Å²) in [6.07, 6.45) is 2.98. The molecule has 0 saturated heterocycles. The van der Waals surface area contributed by atoms with Crippen LogP contribution >= 0.6 is 0 Å². The van der Waals surface area contributed by atoms with Gasteiger partial charge in [0, 0.05) is 31.2 Å². The number of aryl methyl sites for hydroxylation is 1. The molecule has 0 aliphatic carbocycles. The van der Waals surface area contributed by atoms with Crippen LogP contribution in [0.25, 0.3) is 0 Å². The van der Waals surface area contributed by atoms with Gasteiger partial charge >= 0.3 is 0 Å². The predicted molar refractivity (Wildman–Crippen MR) is 115 cm³/mol. The molecule has 5 nitrogen and oxygen atoms in total. The van der Waals surface area contributed by atoms with Crippen molar-refractivity contribution in [2.24, 2.45) is 0 Å². The quantitative estimate of drug-likeness (QED) is 0.672. The van der Waals surface area contributed by atoms with E-state index in [1.54, 1.807) is 11.0 Å². The van der Waals surface area contributed by atoms with Gasteiger partial charge in [-0.2, -0.15) is 0 Å². The second kappa shape index (κ2) is 9.15. The number of carbonyl (C=O) groups excluding carboxylic acids is 2. The minimum Gasteiger partial charge on any atom is -0.335 e. The first kappa shape index (κ1) is 20.3. The second-order valence-electron chi connectivity index (χ2n) is 6.97. The molecule has 0 radical (unpaired) electrons. The van der Waals surface area contributed by atoms with Gasteiger partial charge in [-0.25, -0.2) is 0 Å². The molecule has 0 atom stereocenters. The Morgan fingerprint density at radius 3 is 2.41 bits per heavy atom. The van der Waals surface area contributed by atoms with E-state index in [0.717, 1.165) is 22.4 Å². The first-order valence-electron chi connectivity index (χ1n) is 9.65. The summed E-state index contributed by atoms with van der Waals surface area (Å²) in [6.45, 7) is 6.97. The summed E-state index contributed by atoms with van der Waals surface area (Å²) in [5.41, 5.74) is 4.68. The van der Waals surface area contributed by atoms with Gasteiger partial charge in [0.2, 0.25) is 0 Å². The van der Waals surface area contributed by atoms with Gasteiger partial charge < -0.3 is 10.2 Å². The Bertz CT molecular complexity index is 1020. The summed E-state index contributed by atoms with van der Waals surface area (Å²) >= 11 is 0. The molecule has 0 aliphatic heterocycles. The van der Waals surface area contributed by atoms with Crippen LogP contribution in [0.4, 0.5) is 5.69 Å². The van der Waals surface area contributed by atoms with Crippen molar-refractivity contribution in [2.75, 3.05) is 11.9 Å². The number of anilines is 1. The summed E-state index contributed by atoms with van der Waals surface area (Å²) in [5.74, 6) is -0.433. The summed E-state index contributed by atoms with van der Waals surface area (Å²) < 4.78 is 0. The average molecular weight is 387 g/mol. The van der Waals surface area contributed by atoms with Gasteiger partial charge in [-0.3, -0.25) is 14.6 Å². The highest BCUT2D eigenvalue weighted by molar-refractivity contribution is 6.06. The van der Waals surface area contributed by atoms with Crippen LogP contribution in [0.5, 0.6) is 0 Å². The van der Waals surface area contributed by atoms with Gasteiger partial charge in [0.1, 0.15) is 0 Å². The number of carbonyl (C=O) groups is 2. The van der Waals surface area contributed by atoms with Crippen LogP contribution in [0.1, 0.15) is 44.3 Å². The van der Waals surface area contributed by atoms with Crippen molar-refractivity contribution in [1.29, 1.82) is 0 Å². The van der Waals surface area contributed by atoms with Crippen molar-refractivity contribution in [3.8, 4) is 0 Å². The lowest BCUT2D eigenvalue weighted by atomic mass is 10.1. The third kappa shape index (κ3) is 4.88. The smallest absolute Gasteiger partial charge is 0.257 e. The van der Waals surface area contributed by atoms with Gasteiger partial charge in [-0.1, -0.05) is 42.5 Å². The van der Waals surface area contributed by atoms with E-state index in [1.165, 1.54) is 12.4 Å². The number of hydrogen-bond donors (Lipinski definition) is 1. The highest BCUT2D eigenvalue weighted by Gasteiger charge is 2.17. The Kier molecular flexibility index (Phi) is 6.39. The van der Waals surface area contributed by atoms with E-state index in [9.17, 15) is 9.59 Å². The number of benzene rings is 2. The molecule has 2 aromatic carbocycles. The number of pyridine rings is 1. The Hall–Kier alpha value is -3.47. The predicted octanol–water partition coefficient (Wildman–Crippen LogP) is 4.61. The largest absolute Gasteiger partial charge is 0.335 e. The molecule has 3 aromatic rings. The third-order valence-electron chi connectivity index (χ3n) is 4.99. The zero-order valence-electron chi connectivity index (χ0n) is 17.0. The first-order valence-corrected chi connectivity index (χ1v) is 9.65. The lowest BCUT2D eigenvalue weighted by Gasteiger charge is -2.21. The van der Waals surface area contributed by atoms with Gasteiger partial charge in [-0.05, 0) is 49.6 Å². The van der Waals surface area contributed by atoms with Crippen molar-refractivity contribution in [1.82, 2.24) is 9.88 Å². The molecule has 0 spiro atoms. The van der Waals surface area contributed by atoms with Crippen LogP contribution in [-0.4, -0.2) is 28.2 Å². The zero-order chi connectivity index (χ0) is 20.8. The number of amides is 2. The van der Waals surface area contributed by atoms with Crippen molar-refractivity contribution < 1.29 is 9.59 Å². The zero-order valence-corrected chi connectivity index (χ0v) is 17.0. The van der Waals surface area contributed by atoms with E-state index in [4.69, 9.17) is 0 Å². The summed E-state index contributed by atoms with van der Waals surface area (Å²) in [5, 5.41) is 2.91. The van der Waals surface area contributed by atoms with E-state index in [0.29, 0.717) is 24.2 Å². The number of hydrogen-bond acceptors (Lipinski definition) is 3. The molecule has 0 aliphatic rings. The van der Waals surface area contributed by atoms with Crippen LogP contribution in [0.2, 0.25) is 0 Å². The Morgan fingerprint density at radius 2 is 1.69 bits per heavy atom. The van der Waals surface area contributed by atoms with E-state index in [-0.39, 0.29) is 11.8 Å². The number of nitrogens with one attached hydrogen (secondary N) is 1. The van der Waals surface area contributed by atoms with Crippen molar-refractivity contribution in [3.63, 3.8) is 0 Å². The molecule has 2 amide bonds. The lowest BCUT2D eigenvalue weighted by Crippen LogP contribution is -2.30. The molecular formula is C24H25N3O2. The van der Waals surface area contributed by atoms with Gasteiger partial charge in [0.15, 0.2) is 0 Å². The summed E-state index contributed by atoms with van der Waals surface area (Å²) in [6, 6.07) is 17.2. The summed E-state index contributed by atoms with van der Waals surface area (Å²) in [7, 11) is 0. The Labute approximate surface area is 171 Å². The third-order valence-corrected chi connectivity index (χ3v) is 4.99. The first-order chi connectivity index (χ1) is 14.0. The van der Waals surface area contributed by atoms with Gasteiger partial charge in [0.25, 0.3) is 11.8 Å². The number of rotatable bonds is 6. The Morgan fingerprint density at radius 1 is 0.966 bits per heavy atom. The second-order valence-corrected chi connectivity index (χ2v) is 6.97. The average Bonchev–Trinajstić information content (AvgIpc) is 2.75. The molecule has 1 heterocycles. The Balaban J connectivity index is 1.78. The fraction of sp³-hybridized carbons (Fsp3) is 0.208. The number of aromatic nitrogens is 1. The SMILES string of the molecule is CCN(Cc1ccccc1)C(=O)c1cncc(C(=O)Nc2cccc(C)c2C)c1. The molecule has 148 valence electrons. The molecule has 3 rings (SSSR count). The molecule has 0 unspecified atom stereocenters. The van der Waals surface area contributed by atoms with E-state index in [1.807, 2.05) is 69.3 Å². The van der Waals surface area contributed by atoms with E-state index >= 15 is 0 Å². The molecule has 29 heavy (non-hydrogen) atoms. The van der Waals surface area contributed by atoms with Crippen molar-refractivity contribution in [3.05, 3.63) is 94.8 Å². The monoisotopic (exact) mass is 387 g/mol. The maximum atomic E-state index is 13.0. The fourth-order valence-electron chi connectivity index (χ4n) is 3.08. The molecule has 0 fully saturated rings. The topological polar surface area (TPSA) is 62.3 Å². The van der Waals surface area contributed by atoms with E-state index < -0.39 is 0 Å². The van der Waals surface area contributed by atoms with Crippen LogP contribution in [0.3, 0.4) is 0 Å². The van der Waals surface area contributed by atoms with Crippen LogP contribution in [-0.2, 0) is 6.54 Å². The molecular weight excluding hydrogens is 362 g/mol. The maximum Gasteiger partial charge on any atom is 0.257 e. The normalized spacial score (nSPS) is 10.4. The van der Waals surface area contributed by atoms with Gasteiger partial charge in [-0.15, -0.1) is 0 Å². The van der Waals surface area contributed by atoms with Crippen LogP contribution < -0.4 is 5.32 Å². The van der Waals surface area contributed by atoms with Crippen molar-refractivity contribution in [2.45, 2.75) is 27.3 Å². The molecule has 1 N–H and O–H groups in total.